The molecule has 266 valence electrons. The minimum absolute atomic E-state index is 0.0791. The molecule has 1 unspecified atom stereocenters. The molecule has 0 aromatic rings. The van der Waals surface area contributed by atoms with Crippen molar-refractivity contribution in [1.82, 2.24) is 0 Å². The molecule has 0 amide bonds. The SMILES string of the molecule is C[N+](C)(C)CC[N+](C)(C)CC(O)CC(F)(F)C(F)(F)C(F)(F)C(F)(F)C(F)(F)C(F)(F)C(F)(F)C(F)(F)C(F)(F)C(F)(F)F. The van der Waals surface area contributed by atoms with Crippen LogP contribution in [0.3, 0.4) is 0 Å². The lowest BCUT2D eigenvalue weighted by molar-refractivity contribution is -0.939. The molecule has 3 nitrogen and oxygen atoms in total. The van der Waals surface area contributed by atoms with Gasteiger partial charge >= 0.3 is 59.5 Å². The molecule has 0 saturated carbocycles. The predicted octanol–water partition coefficient (Wildman–Crippen LogP) is 6.80. The van der Waals surface area contributed by atoms with Gasteiger partial charge in [-0.3, -0.25) is 0 Å². The Kier molecular flexibility index (Phi) is 10.9. The van der Waals surface area contributed by atoms with Crippen molar-refractivity contribution in [2.75, 3.05) is 54.9 Å². The van der Waals surface area contributed by atoms with Gasteiger partial charge in [-0.15, -0.1) is 0 Å². The summed E-state index contributed by atoms with van der Waals surface area (Å²) in [7, 11) is 7.04. The fourth-order valence-electron chi connectivity index (χ4n) is 3.31. The van der Waals surface area contributed by atoms with Crippen LogP contribution in [0, 0.1) is 0 Å². The van der Waals surface area contributed by atoms with Crippen molar-refractivity contribution in [3.8, 4) is 0 Å². The summed E-state index contributed by atoms with van der Waals surface area (Å²) in [5, 5.41) is 9.73. The number of hydrogen-bond donors (Lipinski definition) is 1. The number of quaternary nitrogens is 2. The molecular weight excluding hydrogens is 683 g/mol. The lowest BCUT2D eigenvalue weighted by Gasteiger charge is -2.44. The normalized spacial score (nSPS) is 17.2. The Hall–Kier alpha value is -1.59. The lowest BCUT2D eigenvalue weighted by atomic mass is 9.85. The van der Waals surface area contributed by atoms with Crippen molar-refractivity contribution in [1.29, 1.82) is 0 Å². The Labute approximate surface area is 234 Å². The average molecular weight is 708 g/mol. The second kappa shape index (κ2) is 11.3. The van der Waals surface area contributed by atoms with Crippen LogP contribution in [0.2, 0.25) is 0 Å². The van der Waals surface area contributed by atoms with Crippen molar-refractivity contribution >= 4 is 0 Å². The van der Waals surface area contributed by atoms with E-state index in [9.17, 15) is 97.3 Å². The zero-order chi connectivity index (χ0) is 36.4. The molecule has 0 aliphatic rings. The highest BCUT2D eigenvalue weighted by atomic mass is 19.4. The highest BCUT2D eigenvalue weighted by Crippen LogP contribution is 2.66. The second-order valence-electron chi connectivity index (χ2n) is 11.5. The molecule has 24 heteroatoms. The number of halogens is 21. The standard InChI is InChI=1S/C20H25F21N2O/c1-42(2,3)6-7-43(4,5)9-10(44)8-11(21,22)12(23,24)13(25,26)14(27,28)15(29,30)16(31,32)17(33,34)18(35,36)19(37,38)20(39,40)41/h10,44H,6-9H2,1-5H3/q+2. The third-order valence-electron chi connectivity index (χ3n) is 6.15. The first-order valence-electron chi connectivity index (χ1n) is 11.3. The van der Waals surface area contributed by atoms with Crippen LogP contribution in [0.15, 0.2) is 0 Å². The van der Waals surface area contributed by atoms with Crippen LogP contribution in [0.25, 0.3) is 0 Å². The summed E-state index contributed by atoms with van der Waals surface area (Å²) in [6.45, 7) is -0.987. The first-order valence-corrected chi connectivity index (χ1v) is 11.3. The molecule has 1 atom stereocenters. The summed E-state index contributed by atoms with van der Waals surface area (Å²) in [5.74, 6) is -77.4. The molecule has 0 aromatic heterocycles. The average Bonchev–Trinajstić information content (AvgIpc) is 2.74. The van der Waals surface area contributed by atoms with Gasteiger partial charge in [-0.25, -0.2) is 0 Å². The van der Waals surface area contributed by atoms with E-state index < -0.39 is 83.0 Å². The van der Waals surface area contributed by atoms with Gasteiger partial charge in [-0.1, -0.05) is 0 Å². The smallest absolute Gasteiger partial charge is 0.387 e. The molecule has 1 N–H and O–H groups in total. The van der Waals surface area contributed by atoms with E-state index >= 15 is 0 Å². The van der Waals surface area contributed by atoms with Crippen LogP contribution in [-0.4, -0.2) is 135 Å². The predicted molar refractivity (Wildman–Crippen MR) is 106 cm³/mol. The molecule has 0 saturated heterocycles. The summed E-state index contributed by atoms with van der Waals surface area (Å²) in [6.07, 6.45) is -13.9. The number of hydrogen-bond acceptors (Lipinski definition) is 1. The number of likely N-dealkylation sites (N-methyl/N-ethyl adjacent to an activating group) is 2. The highest BCUT2D eigenvalue weighted by Gasteiger charge is 2.97. The van der Waals surface area contributed by atoms with Crippen LogP contribution in [0.5, 0.6) is 0 Å². The molecule has 0 aliphatic heterocycles. The van der Waals surface area contributed by atoms with Crippen LogP contribution >= 0.6 is 0 Å². The zero-order valence-corrected chi connectivity index (χ0v) is 22.7. The van der Waals surface area contributed by atoms with Gasteiger partial charge < -0.3 is 14.1 Å². The van der Waals surface area contributed by atoms with E-state index in [1.807, 2.05) is 0 Å². The maximum atomic E-state index is 14.2. The van der Waals surface area contributed by atoms with Crippen molar-refractivity contribution in [3.05, 3.63) is 0 Å². The topological polar surface area (TPSA) is 20.2 Å². The van der Waals surface area contributed by atoms with Gasteiger partial charge in [0.1, 0.15) is 25.7 Å². The van der Waals surface area contributed by atoms with E-state index in [0.29, 0.717) is 0 Å². The molecule has 0 fully saturated rings. The van der Waals surface area contributed by atoms with Crippen molar-refractivity contribution < 1.29 is 106 Å². The van der Waals surface area contributed by atoms with E-state index in [1.54, 1.807) is 21.1 Å². The number of aliphatic hydroxyl groups is 1. The second-order valence-corrected chi connectivity index (χ2v) is 11.5. The van der Waals surface area contributed by atoms with E-state index in [4.69, 9.17) is 0 Å². The van der Waals surface area contributed by atoms with Crippen molar-refractivity contribution in [2.24, 2.45) is 0 Å². The fraction of sp³-hybridized carbons (Fsp3) is 1.00. The molecule has 0 radical (unpaired) electrons. The number of alkyl halides is 21. The minimum Gasteiger partial charge on any atom is -0.387 e. The Balaban J connectivity index is 6.70. The number of rotatable bonds is 15. The molecule has 0 aliphatic carbocycles. The Morgan fingerprint density at radius 2 is 0.705 bits per heavy atom. The summed E-state index contributed by atoms with van der Waals surface area (Å²) in [4.78, 5) is 0. The summed E-state index contributed by atoms with van der Waals surface area (Å²) in [5.41, 5.74) is 0. The number of nitrogens with zero attached hydrogens (tertiary/aromatic N) is 2. The Morgan fingerprint density at radius 3 is 0.977 bits per heavy atom. The van der Waals surface area contributed by atoms with E-state index in [1.165, 1.54) is 0 Å². The molecule has 0 spiro atoms. The lowest BCUT2D eigenvalue weighted by Crippen LogP contribution is -2.76. The van der Waals surface area contributed by atoms with E-state index in [0.717, 1.165) is 14.1 Å². The first kappa shape index (κ1) is 42.4. The summed E-state index contributed by atoms with van der Waals surface area (Å²) >= 11 is 0. The fourth-order valence-corrected chi connectivity index (χ4v) is 3.31. The van der Waals surface area contributed by atoms with Gasteiger partial charge in [0.15, 0.2) is 0 Å². The monoisotopic (exact) mass is 708 g/mol. The van der Waals surface area contributed by atoms with Crippen LogP contribution in [-0.2, 0) is 0 Å². The molecule has 0 heterocycles. The molecular formula is C20H25F21N2O+2. The summed E-state index contributed by atoms with van der Waals surface area (Å²) in [6, 6.07) is 0. The van der Waals surface area contributed by atoms with Gasteiger partial charge in [-0.05, 0) is 0 Å². The van der Waals surface area contributed by atoms with Crippen LogP contribution in [0.1, 0.15) is 6.42 Å². The van der Waals surface area contributed by atoms with E-state index in [2.05, 4.69) is 0 Å². The molecule has 0 rings (SSSR count). The van der Waals surface area contributed by atoms with Gasteiger partial charge in [0.2, 0.25) is 0 Å². The maximum Gasteiger partial charge on any atom is 0.460 e. The van der Waals surface area contributed by atoms with Crippen molar-refractivity contribution in [2.45, 2.75) is 72.0 Å². The van der Waals surface area contributed by atoms with Gasteiger partial charge in [0, 0.05) is 6.42 Å². The highest BCUT2D eigenvalue weighted by molar-refractivity contribution is 5.18. The largest absolute Gasteiger partial charge is 0.460 e. The Morgan fingerprint density at radius 1 is 0.432 bits per heavy atom. The maximum absolute atomic E-state index is 14.2. The van der Waals surface area contributed by atoms with Crippen LogP contribution in [0.4, 0.5) is 92.2 Å². The zero-order valence-electron chi connectivity index (χ0n) is 22.7. The summed E-state index contributed by atoms with van der Waals surface area (Å²) < 4.78 is 282. The quantitative estimate of drug-likeness (QED) is 0.147. The Bertz CT molecular complexity index is 997. The van der Waals surface area contributed by atoms with Gasteiger partial charge in [-0.2, -0.15) is 92.2 Å². The minimum atomic E-state index is -9.21. The molecule has 0 bridgehead atoms. The van der Waals surface area contributed by atoms with Crippen molar-refractivity contribution in [3.63, 3.8) is 0 Å². The molecule has 0 aromatic carbocycles. The van der Waals surface area contributed by atoms with Crippen LogP contribution < -0.4 is 0 Å². The third kappa shape index (κ3) is 6.75. The van der Waals surface area contributed by atoms with Gasteiger partial charge in [0.05, 0.1) is 35.2 Å². The third-order valence-corrected chi connectivity index (χ3v) is 6.15. The van der Waals surface area contributed by atoms with E-state index in [-0.39, 0.29) is 17.6 Å². The number of aliphatic hydroxyl groups excluding tert-OH is 1. The van der Waals surface area contributed by atoms with Gasteiger partial charge in [0.25, 0.3) is 0 Å². The first-order chi connectivity index (χ1) is 18.6. The molecule has 44 heavy (non-hydrogen) atoms.